The number of hydrogen-bond donors (Lipinski definition) is 2. The second-order valence-corrected chi connectivity index (χ2v) is 13.8. The van der Waals surface area contributed by atoms with Gasteiger partial charge in [0.05, 0.1) is 11.8 Å². The largest absolute Gasteiger partial charge is 0.508 e. The molecule has 5 rings (SSSR count). The summed E-state index contributed by atoms with van der Waals surface area (Å²) < 4.78 is 0. The number of rotatable bonds is 12. The fraction of sp³-hybridized carbons (Fsp3) is 0.667. The number of aryl methyl sites for hydroxylation is 1. The van der Waals surface area contributed by atoms with E-state index >= 15 is 0 Å². The number of nitrogens with zero attached hydrogens (tertiary/aromatic N) is 2. The first-order valence-electron chi connectivity index (χ1n) is 15.1. The van der Waals surface area contributed by atoms with Crippen LogP contribution in [0.5, 0.6) is 5.75 Å². The third-order valence-corrected chi connectivity index (χ3v) is 11.3. The molecule has 0 saturated heterocycles. The first-order chi connectivity index (χ1) is 18.5. The maximum Gasteiger partial charge on any atom is 0.115 e. The van der Waals surface area contributed by atoms with Crippen LogP contribution in [0.2, 0.25) is 0 Å². The molecule has 2 N–H and O–H groups in total. The lowest BCUT2D eigenvalue weighted by atomic mass is 9.51. The van der Waals surface area contributed by atoms with Crippen LogP contribution in [0.25, 0.3) is 0 Å². The Bertz CT molecular complexity index is 1030. The minimum atomic E-state index is -0.132. The van der Waals surface area contributed by atoms with E-state index in [1.165, 1.54) is 80.6 Å². The number of unbranched alkanes of at least 4 members (excludes halogenated alkanes) is 2. The van der Waals surface area contributed by atoms with Crippen molar-refractivity contribution in [2.45, 2.75) is 88.9 Å². The number of phenolic OH excluding ortho intramolecular Hbond substituents is 1. The second-order valence-electron chi connectivity index (χ2n) is 12.7. The normalized spacial score (nSPS) is 30.2. The Morgan fingerprint density at radius 3 is 2.76 bits per heavy atom. The third-order valence-electron chi connectivity index (χ3n) is 10.2. The Labute approximate surface area is 234 Å². The van der Waals surface area contributed by atoms with E-state index < -0.39 is 0 Å². The zero-order chi connectivity index (χ0) is 26.5. The zero-order valence-corrected chi connectivity index (χ0v) is 24.3. The van der Waals surface area contributed by atoms with Gasteiger partial charge in [-0.1, -0.05) is 31.9 Å². The Morgan fingerprint density at radius 1 is 1.05 bits per heavy atom. The summed E-state index contributed by atoms with van der Waals surface area (Å²) in [5.74, 6) is 5.20. The molecular weight excluding hydrogens is 488 g/mol. The molecular formula is C33H48N2O2S. The lowest BCUT2D eigenvalue weighted by Crippen LogP contribution is -2.47. The topological polar surface area (TPSA) is 56.6 Å². The summed E-state index contributed by atoms with van der Waals surface area (Å²) in [6.07, 6.45) is 13.7. The van der Waals surface area contributed by atoms with Gasteiger partial charge in [-0.15, -0.1) is 0 Å². The van der Waals surface area contributed by atoms with Gasteiger partial charge in [0.2, 0.25) is 0 Å². The van der Waals surface area contributed by atoms with Gasteiger partial charge in [0, 0.05) is 11.9 Å². The third kappa shape index (κ3) is 6.26. The van der Waals surface area contributed by atoms with Crippen LogP contribution in [0.15, 0.2) is 42.6 Å². The van der Waals surface area contributed by atoms with Crippen molar-refractivity contribution < 1.29 is 10.2 Å². The van der Waals surface area contributed by atoms with E-state index in [0.29, 0.717) is 29.4 Å². The van der Waals surface area contributed by atoms with Crippen molar-refractivity contribution in [3.63, 3.8) is 0 Å². The quantitative estimate of drug-likeness (QED) is 0.285. The van der Waals surface area contributed by atoms with E-state index in [0.717, 1.165) is 25.0 Å². The number of aromatic nitrogens is 1. The maximum absolute atomic E-state index is 11.0. The Morgan fingerprint density at radius 2 is 1.92 bits per heavy atom. The highest BCUT2D eigenvalue weighted by Gasteiger charge is 2.57. The number of benzene rings is 1. The molecule has 1 aromatic heterocycles. The molecule has 6 atom stereocenters. The van der Waals surface area contributed by atoms with E-state index in [9.17, 15) is 10.2 Å². The first kappa shape index (κ1) is 28.0. The smallest absolute Gasteiger partial charge is 0.115 e. The Balaban J connectivity index is 1.08. The highest BCUT2D eigenvalue weighted by Crippen LogP contribution is 2.63. The minimum Gasteiger partial charge on any atom is -0.508 e. The fourth-order valence-corrected chi connectivity index (χ4v) is 9.16. The average molecular weight is 537 g/mol. The number of thioether (sulfide) groups is 1. The molecule has 2 fully saturated rings. The highest BCUT2D eigenvalue weighted by molar-refractivity contribution is 7.98. The van der Waals surface area contributed by atoms with Gasteiger partial charge in [0.1, 0.15) is 5.75 Å². The predicted octanol–water partition coefficient (Wildman–Crippen LogP) is 7.05. The standard InChI is InChI=1S/C33H48N2O2S/c1-33-22-25(9-4-3-7-18-35(2)19-8-20-38-23-26-10-5-6-17-34-26)32-28-14-12-27(36)21-24(28)11-13-29(32)30(33)15-16-31(33)37/h5-6,10,12,14,17,21,25,29-32,36-37H,3-4,7-9,11,13,15-16,18-20,22-23H2,1-2H3/t25-,29-,30-,31-,32+,33-/m0/s1. The first-order valence-corrected chi connectivity index (χ1v) is 16.3. The molecule has 38 heavy (non-hydrogen) atoms. The van der Waals surface area contributed by atoms with Crippen molar-refractivity contribution in [3.05, 3.63) is 59.4 Å². The van der Waals surface area contributed by atoms with Gasteiger partial charge >= 0.3 is 0 Å². The lowest BCUT2D eigenvalue weighted by molar-refractivity contribution is -0.0501. The molecule has 0 spiro atoms. The molecule has 0 unspecified atom stereocenters. The van der Waals surface area contributed by atoms with E-state index in [-0.39, 0.29) is 11.5 Å². The van der Waals surface area contributed by atoms with E-state index in [1.54, 1.807) is 0 Å². The van der Waals surface area contributed by atoms with Crippen molar-refractivity contribution in [1.29, 1.82) is 0 Å². The number of phenols is 1. The number of aliphatic hydroxyl groups excluding tert-OH is 1. The molecule has 3 aliphatic rings. The van der Waals surface area contributed by atoms with Crippen molar-refractivity contribution in [1.82, 2.24) is 9.88 Å². The summed E-state index contributed by atoms with van der Waals surface area (Å²) in [5, 5.41) is 21.1. The fourth-order valence-electron chi connectivity index (χ4n) is 8.30. The molecule has 1 heterocycles. The number of fused-ring (bicyclic) bond motifs is 5. The molecule has 0 bridgehead atoms. The van der Waals surface area contributed by atoms with Crippen molar-refractivity contribution in [3.8, 4) is 5.75 Å². The van der Waals surface area contributed by atoms with Gasteiger partial charge in [-0.25, -0.2) is 0 Å². The second kappa shape index (κ2) is 12.7. The van der Waals surface area contributed by atoms with Crippen LogP contribution in [0.3, 0.4) is 0 Å². The van der Waals surface area contributed by atoms with E-state index in [4.69, 9.17) is 0 Å². The van der Waals surface area contributed by atoms with E-state index in [2.05, 4.69) is 42.1 Å². The summed E-state index contributed by atoms with van der Waals surface area (Å²) in [6.45, 7) is 4.75. The Hall–Kier alpha value is -1.56. The maximum atomic E-state index is 11.0. The molecule has 5 heteroatoms. The predicted molar refractivity (Wildman–Crippen MR) is 159 cm³/mol. The molecule has 0 aliphatic heterocycles. The summed E-state index contributed by atoms with van der Waals surface area (Å²) in [6, 6.07) is 12.3. The summed E-state index contributed by atoms with van der Waals surface area (Å²) >= 11 is 1.99. The van der Waals surface area contributed by atoms with Crippen LogP contribution in [0.4, 0.5) is 0 Å². The lowest BCUT2D eigenvalue weighted by Gasteiger charge is -2.54. The number of aliphatic hydroxyl groups is 1. The highest BCUT2D eigenvalue weighted by atomic mass is 32.2. The van der Waals surface area contributed by atoms with E-state index in [1.807, 2.05) is 36.2 Å². The van der Waals surface area contributed by atoms with Crippen molar-refractivity contribution >= 4 is 11.8 Å². The minimum absolute atomic E-state index is 0.0923. The summed E-state index contributed by atoms with van der Waals surface area (Å²) in [5.41, 5.74) is 4.15. The zero-order valence-electron chi connectivity index (χ0n) is 23.5. The van der Waals surface area contributed by atoms with Crippen LogP contribution in [0.1, 0.15) is 87.4 Å². The Kier molecular flexibility index (Phi) is 9.38. The van der Waals surface area contributed by atoms with Gasteiger partial charge in [-0.3, -0.25) is 4.98 Å². The average Bonchev–Trinajstić information content (AvgIpc) is 3.22. The molecule has 2 saturated carbocycles. The number of pyridine rings is 1. The van der Waals surface area contributed by atoms with Gasteiger partial charge < -0.3 is 15.1 Å². The van der Waals surface area contributed by atoms with Gasteiger partial charge in [-0.05, 0) is 142 Å². The monoisotopic (exact) mass is 536 g/mol. The van der Waals surface area contributed by atoms with Crippen LogP contribution in [-0.4, -0.2) is 52.1 Å². The molecule has 3 aliphatic carbocycles. The molecule has 2 aromatic rings. The van der Waals surface area contributed by atoms with Crippen LogP contribution >= 0.6 is 11.8 Å². The SMILES string of the molecule is CN(CCCCC[C@H]1C[C@]2(C)[C@@H](O)CC[C@H]2[C@@H]2CCc3cc(O)ccc3[C@@H]12)CCCSCc1ccccn1. The van der Waals surface area contributed by atoms with Crippen LogP contribution in [-0.2, 0) is 12.2 Å². The van der Waals surface area contributed by atoms with Crippen LogP contribution < -0.4 is 0 Å². The summed E-state index contributed by atoms with van der Waals surface area (Å²) in [7, 11) is 2.27. The molecule has 0 amide bonds. The van der Waals surface area contributed by atoms with Crippen molar-refractivity contribution in [2.24, 2.45) is 23.2 Å². The molecule has 208 valence electrons. The van der Waals surface area contributed by atoms with Gasteiger partial charge in [0.25, 0.3) is 0 Å². The van der Waals surface area contributed by atoms with Crippen LogP contribution in [0, 0.1) is 23.2 Å². The molecule has 1 aromatic carbocycles. The summed E-state index contributed by atoms with van der Waals surface area (Å²) in [4.78, 5) is 6.91. The van der Waals surface area contributed by atoms with Gasteiger partial charge in [-0.2, -0.15) is 11.8 Å². The molecule has 0 radical (unpaired) electrons. The van der Waals surface area contributed by atoms with Gasteiger partial charge in [0.15, 0.2) is 0 Å². The molecule has 4 nitrogen and oxygen atoms in total. The van der Waals surface area contributed by atoms with Crippen molar-refractivity contribution in [2.75, 3.05) is 25.9 Å². The number of aromatic hydroxyl groups is 1. The number of hydrogen-bond acceptors (Lipinski definition) is 5.